The summed E-state index contributed by atoms with van der Waals surface area (Å²) in [4.78, 5) is 14.4. The molecule has 3 nitrogen and oxygen atoms in total. The van der Waals surface area contributed by atoms with E-state index in [-0.39, 0.29) is 11.8 Å². The standard InChI is InChI=1S/C16H21ClN2O/c17-15-4-2-1-3-13(15)11-19-9-7-12(8-10-19)16(20)18-14-5-6-14/h1-4,12,14H,5-11H2,(H,18,20). The zero-order valence-electron chi connectivity index (χ0n) is 11.6. The number of nitrogens with zero attached hydrogens (tertiary/aromatic N) is 1. The van der Waals surface area contributed by atoms with Crippen molar-refractivity contribution in [2.45, 2.75) is 38.3 Å². The molecule has 0 atom stereocenters. The summed E-state index contributed by atoms with van der Waals surface area (Å²) in [5.74, 6) is 0.475. The van der Waals surface area contributed by atoms with Crippen LogP contribution in [0.4, 0.5) is 0 Å². The predicted molar refractivity (Wildman–Crippen MR) is 80.6 cm³/mol. The lowest BCUT2D eigenvalue weighted by Gasteiger charge is -2.31. The summed E-state index contributed by atoms with van der Waals surface area (Å²) < 4.78 is 0. The van der Waals surface area contributed by atoms with Gasteiger partial charge in [0.1, 0.15) is 0 Å². The number of nitrogens with one attached hydrogen (secondary N) is 1. The van der Waals surface area contributed by atoms with E-state index in [1.165, 1.54) is 5.56 Å². The van der Waals surface area contributed by atoms with Gasteiger partial charge in [-0.05, 0) is 50.4 Å². The summed E-state index contributed by atoms with van der Waals surface area (Å²) in [6.45, 7) is 2.85. The number of halogens is 1. The third kappa shape index (κ3) is 3.53. The van der Waals surface area contributed by atoms with Gasteiger partial charge in [-0.1, -0.05) is 29.8 Å². The van der Waals surface area contributed by atoms with Crippen LogP contribution in [-0.4, -0.2) is 29.9 Å². The zero-order chi connectivity index (χ0) is 13.9. The van der Waals surface area contributed by atoms with E-state index in [1.807, 2.05) is 18.2 Å². The molecule has 1 amide bonds. The highest BCUT2D eigenvalue weighted by molar-refractivity contribution is 6.31. The highest BCUT2D eigenvalue weighted by atomic mass is 35.5. The maximum absolute atomic E-state index is 12.0. The van der Waals surface area contributed by atoms with Crippen molar-refractivity contribution in [3.05, 3.63) is 34.9 Å². The molecule has 2 fully saturated rings. The molecule has 1 aromatic rings. The number of carbonyl (C=O) groups excluding carboxylic acids is 1. The summed E-state index contributed by atoms with van der Waals surface area (Å²) >= 11 is 6.20. The zero-order valence-corrected chi connectivity index (χ0v) is 12.4. The van der Waals surface area contributed by atoms with Crippen LogP contribution in [0.25, 0.3) is 0 Å². The molecular weight excluding hydrogens is 272 g/mol. The van der Waals surface area contributed by atoms with E-state index in [0.29, 0.717) is 6.04 Å². The van der Waals surface area contributed by atoms with Gasteiger partial charge in [0, 0.05) is 23.5 Å². The molecule has 108 valence electrons. The first-order valence-electron chi connectivity index (χ1n) is 7.48. The minimum atomic E-state index is 0.207. The molecular formula is C16H21ClN2O. The topological polar surface area (TPSA) is 32.3 Å². The Hall–Kier alpha value is -1.06. The van der Waals surface area contributed by atoms with Crippen molar-refractivity contribution in [1.82, 2.24) is 10.2 Å². The molecule has 4 heteroatoms. The Bertz CT molecular complexity index is 479. The normalized spacial score (nSPS) is 20.9. The first kappa shape index (κ1) is 13.9. The molecule has 3 rings (SSSR count). The second-order valence-corrected chi connectivity index (χ2v) is 6.33. The van der Waals surface area contributed by atoms with Gasteiger partial charge in [0.05, 0.1) is 0 Å². The fourth-order valence-corrected chi connectivity index (χ4v) is 2.96. The number of benzene rings is 1. The summed E-state index contributed by atoms with van der Waals surface area (Å²) in [5, 5.41) is 3.95. The summed E-state index contributed by atoms with van der Waals surface area (Å²) in [6.07, 6.45) is 4.25. The van der Waals surface area contributed by atoms with Crippen LogP contribution >= 0.6 is 11.6 Å². The minimum Gasteiger partial charge on any atom is -0.353 e. The molecule has 0 unspecified atom stereocenters. The van der Waals surface area contributed by atoms with Crippen LogP contribution in [0.2, 0.25) is 5.02 Å². The van der Waals surface area contributed by atoms with E-state index < -0.39 is 0 Å². The van der Waals surface area contributed by atoms with Crippen molar-refractivity contribution >= 4 is 17.5 Å². The molecule has 1 heterocycles. The van der Waals surface area contributed by atoms with Crippen LogP contribution in [0.5, 0.6) is 0 Å². The van der Waals surface area contributed by atoms with Gasteiger partial charge in [-0.3, -0.25) is 9.69 Å². The lowest BCUT2D eigenvalue weighted by Crippen LogP contribution is -2.40. The Morgan fingerprint density at radius 3 is 2.55 bits per heavy atom. The van der Waals surface area contributed by atoms with Gasteiger partial charge in [-0.2, -0.15) is 0 Å². The Morgan fingerprint density at radius 1 is 1.20 bits per heavy atom. The Kier molecular flexibility index (Phi) is 4.27. The molecule has 2 aliphatic rings. The highest BCUT2D eigenvalue weighted by Gasteiger charge is 2.29. The van der Waals surface area contributed by atoms with Crippen molar-refractivity contribution in [1.29, 1.82) is 0 Å². The highest BCUT2D eigenvalue weighted by Crippen LogP contribution is 2.24. The van der Waals surface area contributed by atoms with Crippen LogP contribution in [0, 0.1) is 5.92 Å². The molecule has 0 aromatic heterocycles. The Labute approximate surface area is 125 Å². The maximum Gasteiger partial charge on any atom is 0.223 e. The molecule has 1 aliphatic carbocycles. The quantitative estimate of drug-likeness (QED) is 0.925. The lowest BCUT2D eigenvalue weighted by atomic mass is 9.95. The largest absolute Gasteiger partial charge is 0.353 e. The van der Waals surface area contributed by atoms with E-state index in [1.54, 1.807) is 0 Å². The van der Waals surface area contributed by atoms with Crippen LogP contribution in [0.15, 0.2) is 24.3 Å². The summed E-state index contributed by atoms with van der Waals surface area (Å²) in [7, 11) is 0. The molecule has 20 heavy (non-hydrogen) atoms. The Balaban J connectivity index is 1.48. The number of hydrogen-bond donors (Lipinski definition) is 1. The fraction of sp³-hybridized carbons (Fsp3) is 0.562. The number of carbonyl (C=O) groups is 1. The maximum atomic E-state index is 12.0. The van der Waals surface area contributed by atoms with Crippen molar-refractivity contribution in [3.8, 4) is 0 Å². The van der Waals surface area contributed by atoms with Crippen LogP contribution in [0.1, 0.15) is 31.2 Å². The second-order valence-electron chi connectivity index (χ2n) is 5.92. The van der Waals surface area contributed by atoms with E-state index >= 15 is 0 Å². The van der Waals surface area contributed by atoms with Crippen molar-refractivity contribution in [2.24, 2.45) is 5.92 Å². The van der Waals surface area contributed by atoms with E-state index in [4.69, 9.17) is 11.6 Å². The summed E-state index contributed by atoms with van der Waals surface area (Å²) in [6, 6.07) is 8.47. The van der Waals surface area contributed by atoms with Gasteiger partial charge >= 0.3 is 0 Å². The first-order valence-corrected chi connectivity index (χ1v) is 7.86. The van der Waals surface area contributed by atoms with E-state index in [0.717, 1.165) is 50.3 Å². The van der Waals surface area contributed by atoms with Gasteiger partial charge in [-0.15, -0.1) is 0 Å². The van der Waals surface area contributed by atoms with Gasteiger partial charge in [0.2, 0.25) is 5.91 Å². The second kappa shape index (κ2) is 6.15. The van der Waals surface area contributed by atoms with Crippen molar-refractivity contribution in [3.63, 3.8) is 0 Å². The molecule has 0 bridgehead atoms. The molecule has 0 radical (unpaired) electrons. The molecule has 1 aromatic carbocycles. The monoisotopic (exact) mass is 292 g/mol. The minimum absolute atomic E-state index is 0.207. The average molecular weight is 293 g/mol. The number of rotatable bonds is 4. The molecule has 1 saturated carbocycles. The predicted octanol–water partition coefficient (Wildman–Crippen LogP) is 2.83. The Morgan fingerprint density at radius 2 is 1.90 bits per heavy atom. The number of likely N-dealkylation sites (tertiary alicyclic amines) is 1. The molecule has 1 aliphatic heterocycles. The SMILES string of the molecule is O=C(NC1CC1)C1CCN(Cc2ccccc2Cl)CC1. The number of amides is 1. The van der Waals surface area contributed by atoms with E-state index in [2.05, 4.69) is 16.3 Å². The van der Waals surface area contributed by atoms with Gasteiger partial charge in [0.15, 0.2) is 0 Å². The molecule has 1 saturated heterocycles. The third-order valence-electron chi connectivity index (χ3n) is 4.23. The van der Waals surface area contributed by atoms with Crippen LogP contribution in [-0.2, 0) is 11.3 Å². The average Bonchev–Trinajstić information content (AvgIpc) is 3.26. The number of piperidine rings is 1. The smallest absolute Gasteiger partial charge is 0.223 e. The number of hydrogen-bond acceptors (Lipinski definition) is 2. The van der Waals surface area contributed by atoms with Gasteiger partial charge in [-0.25, -0.2) is 0 Å². The third-order valence-corrected chi connectivity index (χ3v) is 4.60. The molecule has 0 spiro atoms. The van der Waals surface area contributed by atoms with E-state index in [9.17, 15) is 4.79 Å². The molecule has 1 N–H and O–H groups in total. The van der Waals surface area contributed by atoms with Gasteiger partial charge in [0.25, 0.3) is 0 Å². The summed E-state index contributed by atoms with van der Waals surface area (Å²) in [5.41, 5.74) is 1.18. The van der Waals surface area contributed by atoms with Gasteiger partial charge < -0.3 is 5.32 Å². The van der Waals surface area contributed by atoms with Crippen LogP contribution < -0.4 is 5.32 Å². The van der Waals surface area contributed by atoms with Crippen LogP contribution in [0.3, 0.4) is 0 Å². The fourth-order valence-electron chi connectivity index (χ4n) is 2.77. The van der Waals surface area contributed by atoms with Crippen molar-refractivity contribution in [2.75, 3.05) is 13.1 Å². The van der Waals surface area contributed by atoms with Crippen molar-refractivity contribution < 1.29 is 4.79 Å². The lowest BCUT2D eigenvalue weighted by molar-refractivity contribution is -0.126. The first-order chi connectivity index (χ1) is 9.72.